The monoisotopic (exact) mass is 282 g/mol. The van der Waals surface area contributed by atoms with E-state index in [2.05, 4.69) is 5.32 Å². The van der Waals surface area contributed by atoms with Crippen LogP contribution in [0.5, 0.6) is 0 Å². The van der Waals surface area contributed by atoms with Crippen LogP contribution in [0.2, 0.25) is 0 Å². The molecule has 19 heavy (non-hydrogen) atoms. The number of nitrogens with two attached hydrogens (primary N) is 1. The Morgan fingerprint density at radius 2 is 2.05 bits per heavy atom. The van der Waals surface area contributed by atoms with Gasteiger partial charge in [-0.05, 0) is 24.2 Å². The molecule has 1 aromatic rings. The van der Waals surface area contributed by atoms with Gasteiger partial charge in [0.25, 0.3) is 0 Å². The molecule has 0 bridgehead atoms. The van der Waals surface area contributed by atoms with Crippen molar-refractivity contribution in [3.63, 3.8) is 0 Å². The van der Waals surface area contributed by atoms with E-state index in [4.69, 9.17) is 10.8 Å². The number of thioether (sulfide) groups is 1. The number of aliphatic hydroxyl groups excluding tert-OH is 1. The molecule has 0 radical (unpaired) electrons. The van der Waals surface area contributed by atoms with Crippen molar-refractivity contribution < 1.29 is 9.90 Å². The Morgan fingerprint density at radius 1 is 1.32 bits per heavy atom. The highest BCUT2D eigenvalue weighted by Crippen LogP contribution is 2.02. The second kappa shape index (κ2) is 9.83. The summed E-state index contributed by atoms with van der Waals surface area (Å²) in [5, 5.41) is 11.5. The van der Waals surface area contributed by atoms with Crippen LogP contribution in [0.3, 0.4) is 0 Å². The number of carbonyl (C=O) groups excluding carboxylic acids is 1. The van der Waals surface area contributed by atoms with Crippen LogP contribution in [-0.4, -0.2) is 41.7 Å². The molecular weight excluding hydrogens is 260 g/mol. The summed E-state index contributed by atoms with van der Waals surface area (Å²) in [5.41, 5.74) is 6.93. The fourth-order valence-corrected chi connectivity index (χ4v) is 2.39. The Hall–Kier alpha value is -1.04. The lowest BCUT2D eigenvalue weighted by Crippen LogP contribution is -2.42. The second-order valence-electron chi connectivity index (χ2n) is 4.28. The lowest BCUT2D eigenvalue weighted by atomic mass is 10.1. The standard InChI is InChI=1S/C14H22N2O2S/c15-13(11-12-5-2-1-3-6-12)14(18)16-7-10-19-9-4-8-17/h1-3,5-6,13,17H,4,7-11,15H2,(H,16,18). The molecule has 4 nitrogen and oxygen atoms in total. The number of amides is 1. The van der Waals surface area contributed by atoms with Crippen molar-refractivity contribution in [2.75, 3.05) is 24.7 Å². The first kappa shape index (κ1) is 16.0. The predicted molar refractivity (Wildman–Crippen MR) is 80.2 cm³/mol. The van der Waals surface area contributed by atoms with Gasteiger partial charge in [0.15, 0.2) is 0 Å². The summed E-state index contributed by atoms with van der Waals surface area (Å²) in [6.07, 6.45) is 1.36. The van der Waals surface area contributed by atoms with Crippen molar-refractivity contribution in [1.29, 1.82) is 0 Å². The Labute approximate surface area is 118 Å². The van der Waals surface area contributed by atoms with Gasteiger partial charge in [0, 0.05) is 18.9 Å². The lowest BCUT2D eigenvalue weighted by molar-refractivity contribution is -0.122. The minimum atomic E-state index is -0.496. The molecule has 5 heteroatoms. The first-order valence-corrected chi connectivity index (χ1v) is 7.65. The van der Waals surface area contributed by atoms with Crippen LogP contribution in [0, 0.1) is 0 Å². The Bertz CT molecular complexity index is 360. The normalized spacial score (nSPS) is 12.1. The van der Waals surface area contributed by atoms with Crippen LogP contribution in [-0.2, 0) is 11.2 Å². The molecule has 4 N–H and O–H groups in total. The van der Waals surface area contributed by atoms with Crippen LogP contribution >= 0.6 is 11.8 Å². The van der Waals surface area contributed by atoms with Gasteiger partial charge in [0.05, 0.1) is 6.04 Å². The molecule has 0 saturated carbocycles. The molecule has 0 aliphatic heterocycles. The lowest BCUT2D eigenvalue weighted by Gasteiger charge is -2.12. The average Bonchev–Trinajstić information content (AvgIpc) is 2.43. The number of hydrogen-bond donors (Lipinski definition) is 3. The third-order valence-electron chi connectivity index (χ3n) is 2.63. The highest BCUT2D eigenvalue weighted by atomic mass is 32.2. The van der Waals surface area contributed by atoms with Gasteiger partial charge in [-0.25, -0.2) is 0 Å². The molecule has 1 unspecified atom stereocenters. The van der Waals surface area contributed by atoms with E-state index in [1.165, 1.54) is 0 Å². The van der Waals surface area contributed by atoms with E-state index in [0.29, 0.717) is 13.0 Å². The molecule has 0 aromatic heterocycles. The van der Waals surface area contributed by atoms with E-state index in [0.717, 1.165) is 23.5 Å². The molecule has 0 saturated heterocycles. The summed E-state index contributed by atoms with van der Waals surface area (Å²) < 4.78 is 0. The number of hydrogen-bond acceptors (Lipinski definition) is 4. The molecule has 0 spiro atoms. The Morgan fingerprint density at radius 3 is 2.74 bits per heavy atom. The highest BCUT2D eigenvalue weighted by molar-refractivity contribution is 7.99. The molecule has 1 rings (SSSR count). The van der Waals surface area contributed by atoms with Crippen LogP contribution in [0.4, 0.5) is 0 Å². The van der Waals surface area contributed by atoms with E-state index in [9.17, 15) is 4.79 Å². The van der Waals surface area contributed by atoms with Gasteiger partial charge < -0.3 is 16.2 Å². The fraction of sp³-hybridized carbons (Fsp3) is 0.500. The summed E-state index contributed by atoms with van der Waals surface area (Å²) in [6.45, 7) is 0.846. The third-order valence-corrected chi connectivity index (χ3v) is 3.70. The maximum absolute atomic E-state index is 11.8. The van der Waals surface area contributed by atoms with Gasteiger partial charge in [0.2, 0.25) is 5.91 Å². The molecule has 0 aliphatic carbocycles. The Kier molecular flexibility index (Phi) is 8.29. The number of nitrogens with one attached hydrogen (secondary N) is 1. The molecule has 0 heterocycles. The SMILES string of the molecule is NC(Cc1ccccc1)C(=O)NCCSCCCO. The van der Waals surface area contributed by atoms with Crippen LogP contribution in [0.15, 0.2) is 30.3 Å². The van der Waals surface area contributed by atoms with Crippen LogP contribution in [0.25, 0.3) is 0 Å². The first-order chi connectivity index (χ1) is 9.24. The number of rotatable bonds is 9. The predicted octanol–water partition coefficient (Wildman–Crippen LogP) is 0.788. The summed E-state index contributed by atoms with van der Waals surface area (Å²) in [6, 6.07) is 9.27. The topological polar surface area (TPSA) is 75.4 Å². The molecule has 0 aliphatic rings. The van der Waals surface area contributed by atoms with E-state index in [1.54, 1.807) is 11.8 Å². The maximum Gasteiger partial charge on any atom is 0.237 e. The average molecular weight is 282 g/mol. The van der Waals surface area contributed by atoms with Gasteiger partial charge in [0.1, 0.15) is 0 Å². The summed E-state index contributed by atoms with van der Waals surface area (Å²) >= 11 is 1.72. The summed E-state index contributed by atoms with van der Waals surface area (Å²) in [7, 11) is 0. The molecule has 1 atom stereocenters. The van der Waals surface area contributed by atoms with Crippen molar-refractivity contribution >= 4 is 17.7 Å². The molecule has 106 valence electrons. The van der Waals surface area contributed by atoms with Crippen LogP contribution < -0.4 is 11.1 Å². The quantitative estimate of drug-likeness (QED) is 0.585. The van der Waals surface area contributed by atoms with Gasteiger partial charge in [-0.15, -0.1) is 0 Å². The van der Waals surface area contributed by atoms with E-state index in [-0.39, 0.29) is 12.5 Å². The molecule has 0 fully saturated rings. The van der Waals surface area contributed by atoms with E-state index in [1.807, 2.05) is 30.3 Å². The van der Waals surface area contributed by atoms with E-state index >= 15 is 0 Å². The van der Waals surface area contributed by atoms with Gasteiger partial charge >= 0.3 is 0 Å². The number of aliphatic hydroxyl groups is 1. The van der Waals surface area contributed by atoms with Crippen molar-refractivity contribution in [1.82, 2.24) is 5.32 Å². The first-order valence-electron chi connectivity index (χ1n) is 6.50. The maximum atomic E-state index is 11.8. The summed E-state index contributed by atoms with van der Waals surface area (Å²) in [5.74, 6) is 1.67. The minimum absolute atomic E-state index is 0.105. The fourth-order valence-electron chi connectivity index (χ4n) is 1.61. The minimum Gasteiger partial charge on any atom is -0.396 e. The van der Waals surface area contributed by atoms with Gasteiger partial charge in [-0.2, -0.15) is 11.8 Å². The Balaban J connectivity index is 2.15. The van der Waals surface area contributed by atoms with Crippen LogP contribution in [0.1, 0.15) is 12.0 Å². The zero-order chi connectivity index (χ0) is 13.9. The zero-order valence-electron chi connectivity index (χ0n) is 11.0. The summed E-state index contributed by atoms with van der Waals surface area (Å²) in [4.78, 5) is 11.8. The van der Waals surface area contributed by atoms with Gasteiger partial charge in [-0.3, -0.25) is 4.79 Å². The zero-order valence-corrected chi connectivity index (χ0v) is 11.9. The van der Waals surface area contributed by atoms with Crippen molar-refractivity contribution in [3.05, 3.63) is 35.9 Å². The molecule has 1 amide bonds. The third kappa shape index (κ3) is 7.20. The number of carbonyl (C=O) groups is 1. The highest BCUT2D eigenvalue weighted by Gasteiger charge is 2.12. The van der Waals surface area contributed by atoms with Crippen molar-refractivity contribution in [2.24, 2.45) is 5.73 Å². The van der Waals surface area contributed by atoms with Gasteiger partial charge in [-0.1, -0.05) is 30.3 Å². The molecular formula is C14H22N2O2S. The van der Waals surface area contributed by atoms with Crippen molar-refractivity contribution in [3.8, 4) is 0 Å². The second-order valence-corrected chi connectivity index (χ2v) is 5.50. The number of benzene rings is 1. The molecule has 1 aromatic carbocycles. The largest absolute Gasteiger partial charge is 0.396 e. The van der Waals surface area contributed by atoms with Crippen molar-refractivity contribution in [2.45, 2.75) is 18.9 Å². The smallest absolute Gasteiger partial charge is 0.237 e. The van der Waals surface area contributed by atoms with E-state index < -0.39 is 6.04 Å².